The predicted molar refractivity (Wildman–Crippen MR) is 65.0 cm³/mol. The van der Waals surface area contributed by atoms with Crippen molar-refractivity contribution in [2.75, 3.05) is 31.2 Å². The summed E-state index contributed by atoms with van der Waals surface area (Å²) < 4.78 is 5.29. The second-order valence-corrected chi connectivity index (χ2v) is 3.71. The quantitative estimate of drug-likeness (QED) is 0.758. The van der Waals surface area contributed by atoms with Gasteiger partial charge in [-0.15, -0.1) is 0 Å². The van der Waals surface area contributed by atoms with Crippen molar-refractivity contribution in [2.45, 2.75) is 0 Å². The van der Waals surface area contributed by atoms with Gasteiger partial charge in [-0.3, -0.25) is 0 Å². The van der Waals surface area contributed by atoms with E-state index in [1.54, 1.807) is 6.07 Å². The maximum atomic E-state index is 8.55. The molecule has 2 heterocycles. The zero-order valence-electron chi connectivity index (χ0n) is 9.47. The van der Waals surface area contributed by atoms with E-state index in [1.165, 1.54) is 6.08 Å². The van der Waals surface area contributed by atoms with Crippen LogP contribution in [0.25, 0.3) is 5.70 Å². The molecular weight excluding hydrogens is 216 g/mol. The maximum absolute atomic E-state index is 8.55. The van der Waals surface area contributed by atoms with Gasteiger partial charge >= 0.3 is 0 Å². The smallest absolute Gasteiger partial charge is 0.129 e. The molecule has 17 heavy (non-hydrogen) atoms. The van der Waals surface area contributed by atoms with E-state index in [9.17, 15) is 0 Å². The second kappa shape index (κ2) is 5.32. The minimum absolute atomic E-state index is 0.391. The summed E-state index contributed by atoms with van der Waals surface area (Å²) in [4.78, 5) is 6.59. The summed E-state index contributed by atoms with van der Waals surface area (Å²) in [6, 6.07) is 7.54. The fourth-order valence-electron chi connectivity index (χ4n) is 1.70. The molecule has 0 radical (unpaired) electrons. The van der Waals surface area contributed by atoms with Gasteiger partial charge in [0.05, 0.1) is 30.7 Å². The van der Waals surface area contributed by atoms with Crippen LogP contribution in [0.4, 0.5) is 5.82 Å². The Morgan fingerprint density at radius 1 is 1.47 bits per heavy atom. The van der Waals surface area contributed by atoms with Gasteiger partial charge < -0.3 is 15.4 Å². The summed E-state index contributed by atoms with van der Waals surface area (Å²) in [7, 11) is 0. The first-order valence-corrected chi connectivity index (χ1v) is 5.46. The summed E-state index contributed by atoms with van der Waals surface area (Å²) in [5.74, 6) is 0.875. The molecule has 88 valence electrons. The first kappa shape index (κ1) is 11.4. The lowest BCUT2D eigenvalue weighted by atomic mass is 10.2. The number of anilines is 1. The average molecular weight is 230 g/mol. The van der Waals surface area contributed by atoms with E-state index in [-0.39, 0.29) is 0 Å². The second-order valence-electron chi connectivity index (χ2n) is 3.71. The lowest BCUT2D eigenvalue weighted by molar-refractivity contribution is 0.122. The number of hydrogen-bond donors (Lipinski definition) is 1. The van der Waals surface area contributed by atoms with Gasteiger partial charge in [0.1, 0.15) is 5.82 Å². The molecule has 2 rings (SSSR count). The van der Waals surface area contributed by atoms with Crippen LogP contribution in [-0.4, -0.2) is 31.3 Å². The molecule has 0 unspecified atom stereocenters. The fraction of sp³-hybridized carbons (Fsp3) is 0.333. The molecule has 5 nitrogen and oxygen atoms in total. The third kappa shape index (κ3) is 2.74. The number of nitrogens with zero attached hydrogens (tertiary/aromatic N) is 3. The molecule has 1 aromatic heterocycles. The van der Waals surface area contributed by atoms with Crippen LogP contribution in [0.1, 0.15) is 5.69 Å². The van der Waals surface area contributed by atoms with E-state index in [1.807, 2.05) is 18.2 Å². The highest BCUT2D eigenvalue weighted by molar-refractivity contribution is 5.63. The summed E-state index contributed by atoms with van der Waals surface area (Å²) in [6.45, 7) is 3.10. The summed E-state index contributed by atoms with van der Waals surface area (Å²) in [5.41, 5.74) is 6.76. The molecule has 1 fully saturated rings. The van der Waals surface area contributed by atoms with Gasteiger partial charge in [-0.2, -0.15) is 5.26 Å². The number of morpholine rings is 1. The van der Waals surface area contributed by atoms with Crippen LogP contribution in [0.3, 0.4) is 0 Å². The molecule has 0 amide bonds. The fourth-order valence-corrected chi connectivity index (χ4v) is 1.70. The minimum atomic E-state index is 0.391. The summed E-state index contributed by atoms with van der Waals surface area (Å²) in [6.07, 6.45) is 1.30. The first-order valence-electron chi connectivity index (χ1n) is 5.46. The van der Waals surface area contributed by atoms with E-state index < -0.39 is 0 Å². The van der Waals surface area contributed by atoms with Crippen LogP contribution in [0.2, 0.25) is 0 Å². The Hall–Kier alpha value is -2.06. The van der Waals surface area contributed by atoms with E-state index in [4.69, 9.17) is 15.7 Å². The molecule has 1 aliphatic rings. The molecular formula is C12H14N4O. The third-order valence-corrected chi connectivity index (χ3v) is 2.59. The molecule has 0 saturated carbocycles. The lowest BCUT2D eigenvalue weighted by Crippen LogP contribution is -2.36. The Bertz CT molecular complexity index is 458. The molecule has 0 aromatic carbocycles. The van der Waals surface area contributed by atoms with E-state index in [0.717, 1.165) is 32.1 Å². The standard InChI is InChI=1S/C12H14N4O/c13-5-4-10(14)11-2-1-3-12(15-11)16-6-8-17-9-7-16/h1-4H,6-9,14H2. The zero-order valence-corrected chi connectivity index (χ0v) is 9.47. The molecule has 0 aliphatic carbocycles. The first-order chi connectivity index (χ1) is 8.31. The van der Waals surface area contributed by atoms with Crippen molar-refractivity contribution in [3.63, 3.8) is 0 Å². The van der Waals surface area contributed by atoms with E-state index in [0.29, 0.717) is 11.4 Å². The Kier molecular flexibility index (Phi) is 3.58. The van der Waals surface area contributed by atoms with Gasteiger partial charge in [0.15, 0.2) is 0 Å². The number of hydrogen-bond acceptors (Lipinski definition) is 5. The van der Waals surface area contributed by atoms with Crippen molar-refractivity contribution in [2.24, 2.45) is 5.73 Å². The molecule has 1 aliphatic heterocycles. The van der Waals surface area contributed by atoms with Crippen molar-refractivity contribution < 1.29 is 4.74 Å². The van der Waals surface area contributed by atoms with Crippen molar-refractivity contribution >= 4 is 11.5 Å². The Morgan fingerprint density at radius 2 is 2.24 bits per heavy atom. The molecule has 0 atom stereocenters. The van der Waals surface area contributed by atoms with E-state index in [2.05, 4.69) is 9.88 Å². The monoisotopic (exact) mass is 230 g/mol. The Labute approximate surface area is 100 Å². The van der Waals surface area contributed by atoms with Crippen LogP contribution in [-0.2, 0) is 4.74 Å². The molecule has 2 N–H and O–H groups in total. The topological polar surface area (TPSA) is 75.2 Å². The van der Waals surface area contributed by atoms with Crippen molar-refractivity contribution in [1.82, 2.24) is 4.98 Å². The SMILES string of the molecule is N#CC=C(N)c1cccc(N2CCOCC2)n1. The molecule has 1 aromatic rings. The van der Waals surface area contributed by atoms with Gasteiger partial charge in [0.25, 0.3) is 0 Å². The molecule has 0 spiro atoms. The number of nitriles is 1. The number of pyridine rings is 1. The van der Waals surface area contributed by atoms with E-state index >= 15 is 0 Å². The minimum Gasteiger partial charge on any atom is -0.396 e. The van der Waals surface area contributed by atoms with Crippen molar-refractivity contribution in [3.05, 3.63) is 30.0 Å². The summed E-state index contributed by atoms with van der Waals surface area (Å²) >= 11 is 0. The van der Waals surface area contributed by atoms with Crippen LogP contribution in [0.5, 0.6) is 0 Å². The Balaban J connectivity index is 2.22. The number of aromatic nitrogens is 1. The number of ether oxygens (including phenoxy) is 1. The lowest BCUT2D eigenvalue weighted by Gasteiger charge is -2.28. The number of rotatable bonds is 2. The highest BCUT2D eigenvalue weighted by Gasteiger charge is 2.12. The van der Waals surface area contributed by atoms with Gasteiger partial charge in [-0.25, -0.2) is 4.98 Å². The van der Waals surface area contributed by atoms with Gasteiger partial charge in [0.2, 0.25) is 0 Å². The normalized spacial score (nSPS) is 16.6. The average Bonchev–Trinajstić information content (AvgIpc) is 2.40. The van der Waals surface area contributed by atoms with Crippen molar-refractivity contribution in [3.8, 4) is 6.07 Å². The van der Waals surface area contributed by atoms with Crippen LogP contribution < -0.4 is 10.6 Å². The third-order valence-electron chi connectivity index (χ3n) is 2.59. The zero-order chi connectivity index (χ0) is 12.1. The maximum Gasteiger partial charge on any atom is 0.129 e. The van der Waals surface area contributed by atoms with Crippen LogP contribution in [0, 0.1) is 11.3 Å². The van der Waals surface area contributed by atoms with Crippen LogP contribution in [0.15, 0.2) is 24.3 Å². The van der Waals surface area contributed by atoms with Crippen LogP contribution >= 0.6 is 0 Å². The highest BCUT2D eigenvalue weighted by Crippen LogP contribution is 2.15. The Morgan fingerprint density at radius 3 is 2.94 bits per heavy atom. The number of allylic oxidation sites excluding steroid dienone is 1. The van der Waals surface area contributed by atoms with Crippen molar-refractivity contribution in [1.29, 1.82) is 5.26 Å². The van der Waals surface area contributed by atoms with Gasteiger partial charge in [-0.1, -0.05) is 6.07 Å². The highest BCUT2D eigenvalue weighted by atomic mass is 16.5. The summed E-state index contributed by atoms with van der Waals surface area (Å²) in [5, 5.41) is 8.55. The van der Waals surface area contributed by atoms with Gasteiger partial charge in [-0.05, 0) is 12.1 Å². The molecule has 1 saturated heterocycles. The molecule has 0 bridgehead atoms. The molecule has 5 heteroatoms. The predicted octanol–water partition coefficient (Wildman–Crippen LogP) is 0.741. The van der Waals surface area contributed by atoms with Gasteiger partial charge in [0, 0.05) is 19.2 Å². The largest absolute Gasteiger partial charge is 0.396 e. The number of nitrogens with two attached hydrogens (primary N) is 1.